The summed E-state index contributed by atoms with van der Waals surface area (Å²) in [5.74, 6) is 0. The zero-order chi connectivity index (χ0) is 11.3. The minimum absolute atomic E-state index is 0.0725. The summed E-state index contributed by atoms with van der Waals surface area (Å²) in [6.45, 7) is 4.48. The number of hydrogen-bond acceptors (Lipinski definition) is 2. The molecule has 0 bridgehead atoms. The van der Waals surface area contributed by atoms with Crippen LogP contribution in [0.15, 0.2) is 0 Å². The van der Waals surface area contributed by atoms with Gasteiger partial charge in [0.05, 0.1) is 5.54 Å². The molecule has 88 valence electrons. The Kier molecular flexibility index (Phi) is 4.39. The van der Waals surface area contributed by atoms with Crippen LogP contribution in [0.1, 0.15) is 46.0 Å². The van der Waals surface area contributed by atoms with E-state index in [-0.39, 0.29) is 11.6 Å². The molecule has 0 aliphatic heterocycles. The Labute approximate surface area is 92.0 Å². The number of amides is 2. The van der Waals surface area contributed by atoms with E-state index in [1.165, 1.54) is 12.8 Å². The average Bonchev–Trinajstić information content (AvgIpc) is 2.70. The largest absolute Gasteiger partial charge is 0.335 e. The minimum atomic E-state index is -0.275. The Morgan fingerprint density at radius 2 is 2.07 bits per heavy atom. The van der Waals surface area contributed by atoms with Gasteiger partial charge in [-0.1, -0.05) is 19.8 Å². The van der Waals surface area contributed by atoms with E-state index in [2.05, 4.69) is 10.6 Å². The highest BCUT2D eigenvalue weighted by Gasteiger charge is 2.24. The number of nitrogens with one attached hydrogen (secondary N) is 2. The van der Waals surface area contributed by atoms with Gasteiger partial charge in [-0.05, 0) is 26.2 Å². The van der Waals surface area contributed by atoms with E-state index in [1.54, 1.807) is 0 Å². The van der Waals surface area contributed by atoms with Crippen LogP contribution >= 0.6 is 0 Å². The molecule has 1 aliphatic carbocycles. The van der Waals surface area contributed by atoms with Crippen molar-refractivity contribution < 1.29 is 4.79 Å². The van der Waals surface area contributed by atoms with Crippen LogP contribution in [-0.2, 0) is 0 Å². The first-order valence-electron chi connectivity index (χ1n) is 5.88. The first kappa shape index (κ1) is 12.3. The highest BCUT2D eigenvalue weighted by molar-refractivity contribution is 5.75. The summed E-state index contributed by atoms with van der Waals surface area (Å²) < 4.78 is 0. The Morgan fingerprint density at radius 1 is 1.47 bits per heavy atom. The smallest absolute Gasteiger partial charge is 0.315 e. The quantitative estimate of drug-likeness (QED) is 0.660. The molecule has 0 radical (unpaired) electrons. The first-order valence-corrected chi connectivity index (χ1v) is 5.88. The van der Waals surface area contributed by atoms with Gasteiger partial charge < -0.3 is 16.4 Å². The fourth-order valence-corrected chi connectivity index (χ4v) is 1.85. The van der Waals surface area contributed by atoms with Gasteiger partial charge in [-0.15, -0.1) is 0 Å². The van der Waals surface area contributed by atoms with Crippen LogP contribution in [0.25, 0.3) is 0 Å². The summed E-state index contributed by atoms with van der Waals surface area (Å²) >= 11 is 0. The predicted molar refractivity (Wildman–Crippen MR) is 61.7 cm³/mol. The molecule has 1 saturated carbocycles. The highest BCUT2D eigenvalue weighted by Crippen LogP contribution is 2.17. The molecule has 4 nitrogen and oxygen atoms in total. The Morgan fingerprint density at radius 3 is 2.53 bits per heavy atom. The van der Waals surface area contributed by atoms with Crippen LogP contribution < -0.4 is 16.4 Å². The van der Waals surface area contributed by atoms with Gasteiger partial charge in [-0.3, -0.25) is 0 Å². The van der Waals surface area contributed by atoms with Crippen LogP contribution in [0.3, 0.4) is 0 Å². The van der Waals surface area contributed by atoms with Gasteiger partial charge in [-0.2, -0.15) is 0 Å². The molecule has 0 aromatic rings. The molecular weight excluding hydrogens is 190 g/mol. The number of rotatable bonds is 4. The number of carbonyl (C=O) groups is 1. The van der Waals surface area contributed by atoms with E-state index in [1.807, 2.05) is 13.8 Å². The van der Waals surface area contributed by atoms with Crippen molar-refractivity contribution in [3.8, 4) is 0 Å². The summed E-state index contributed by atoms with van der Waals surface area (Å²) in [7, 11) is 0. The fourth-order valence-electron chi connectivity index (χ4n) is 1.85. The minimum Gasteiger partial charge on any atom is -0.335 e. The maximum Gasteiger partial charge on any atom is 0.315 e. The Hall–Kier alpha value is -0.770. The van der Waals surface area contributed by atoms with Crippen molar-refractivity contribution in [1.82, 2.24) is 10.6 Å². The fraction of sp³-hybridized carbons (Fsp3) is 0.909. The van der Waals surface area contributed by atoms with Crippen molar-refractivity contribution in [1.29, 1.82) is 0 Å². The lowest BCUT2D eigenvalue weighted by molar-refractivity contribution is 0.223. The Balaban J connectivity index is 2.33. The van der Waals surface area contributed by atoms with Crippen molar-refractivity contribution in [3.05, 3.63) is 0 Å². The van der Waals surface area contributed by atoms with Gasteiger partial charge in [0.2, 0.25) is 0 Å². The first-order chi connectivity index (χ1) is 7.09. The summed E-state index contributed by atoms with van der Waals surface area (Å²) in [6, 6.07) is 0.292. The Bertz CT molecular complexity index is 208. The van der Waals surface area contributed by atoms with E-state index in [0.29, 0.717) is 12.6 Å². The molecule has 4 N–H and O–H groups in total. The summed E-state index contributed by atoms with van der Waals surface area (Å²) in [5, 5.41) is 5.94. The second-order valence-corrected chi connectivity index (χ2v) is 4.70. The lowest BCUT2D eigenvalue weighted by Crippen LogP contribution is -2.55. The van der Waals surface area contributed by atoms with E-state index >= 15 is 0 Å². The topological polar surface area (TPSA) is 67.1 Å². The zero-order valence-electron chi connectivity index (χ0n) is 9.81. The van der Waals surface area contributed by atoms with Gasteiger partial charge in [0.25, 0.3) is 0 Å². The van der Waals surface area contributed by atoms with E-state index in [4.69, 9.17) is 5.73 Å². The summed E-state index contributed by atoms with van der Waals surface area (Å²) in [4.78, 5) is 11.7. The molecule has 4 heteroatoms. The second-order valence-electron chi connectivity index (χ2n) is 4.70. The zero-order valence-corrected chi connectivity index (χ0v) is 9.81. The van der Waals surface area contributed by atoms with Crippen molar-refractivity contribution in [2.45, 2.75) is 57.5 Å². The molecule has 1 aliphatic rings. The van der Waals surface area contributed by atoms with Crippen molar-refractivity contribution in [3.63, 3.8) is 0 Å². The normalized spacial score (nSPS) is 21.0. The molecule has 1 atom stereocenters. The lowest BCUT2D eigenvalue weighted by atomic mass is 10.00. The maximum absolute atomic E-state index is 11.7. The van der Waals surface area contributed by atoms with Gasteiger partial charge in [0.1, 0.15) is 0 Å². The molecular formula is C11H23N3O. The average molecular weight is 213 g/mol. The van der Waals surface area contributed by atoms with Crippen LogP contribution in [0.4, 0.5) is 4.79 Å². The van der Waals surface area contributed by atoms with Crippen LogP contribution in [0.5, 0.6) is 0 Å². The van der Waals surface area contributed by atoms with Gasteiger partial charge in [-0.25, -0.2) is 4.79 Å². The molecule has 1 rings (SSSR count). The van der Waals surface area contributed by atoms with Crippen molar-refractivity contribution in [2.24, 2.45) is 5.73 Å². The third-order valence-corrected chi connectivity index (χ3v) is 3.34. The molecule has 1 unspecified atom stereocenters. The third-order valence-electron chi connectivity index (χ3n) is 3.34. The molecule has 2 amide bonds. The van der Waals surface area contributed by atoms with Gasteiger partial charge in [0, 0.05) is 12.6 Å². The summed E-state index contributed by atoms with van der Waals surface area (Å²) in [5.41, 5.74) is 5.36. The standard InChI is InChI=1S/C11H23N3O/c1-3-11(2,8-12)14-10(15)13-9-6-4-5-7-9/h9H,3-8,12H2,1-2H3,(H2,13,14,15). The van der Waals surface area contributed by atoms with E-state index < -0.39 is 0 Å². The molecule has 0 saturated heterocycles. The molecule has 15 heavy (non-hydrogen) atoms. The number of hydrogen-bond donors (Lipinski definition) is 3. The van der Waals surface area contributed by atoms with Crippen LogP contribution in [0.2, 0.25) is 0 Å². The van der Waals surface area contributed by atoms with Crippen LogP contribution in [-0.4, -0.2) is 24.2 Å². The SMILES string of the molecule is CCC(C)(CN)NC(=O)NC1CCCC1. The van der Waals surface area contributed by atoms with Crippen molar-refractivity contribution in [2.75, 3.05) is 6.54 Å². The molecule has 0 heterocycles. The second kappa shape index (κ2) is 5.35. The van der Waals surface area contributed by atoms with Crippen molar-refractivity contribution >= 4 is 6.03 Å². The monoisotopic (exact) mass is 213 g/mol. The molecule has 1 fully saturated rings. The molecule has 0 aromatic carbocycles. The summed E-state index contributed by atoms with van der Waals surface area (Å²) in [6.07, 6.45) is 5.53. The lowest BCUT2D eigenvalue weighted by Gasteiger charge is -2.28. The number of carbonyl (C=O) groups excluding carboxylic acids is 1. The van der Waals surface area contributed by atoms with E-state index in [9.17, 15) is 4.79 Å². The van der Waals surface area contributed by atoms with Gasteiger partial charge in [0.15, 0.2) is 0 Å². The number of urea groups is 1. The number of nitrogens with two attached hydrogens (primary N) is 1. The van der Waals surface area contributed by atoms with Gasteiger partial charge >= 0.3 is 6.03 Å². The van der Waals surface area contributed by atoms with E-state index in [0.717, 1.165) is 19.3 Å². The molecule has 0 spiro atoms. The maximum atomic E-state index is 11.7. The predicted octanol–water partition coefficient (Wildman–Crippen LogP) is 1.36. The third kappa shape index (κ3) is 3.70. The molecule has 0 aromatic heterocycles. The highest BCUT2D eigenvalue weighted by atomic mass is 16.2. The van der Waals surface area contributed by atoms with Crippen LogP contribution in [0, 0.1) is 0 Å².